The number of likely N-dealkylation sites (tertiary alicyclic amines) is 1. The molecule has 3 heteroatoms. The summed E-state index contributed by atoms with van der Waals surface area (Å²) in [6, 6.07) is 0. The molecule has 0 bridgehead atoms. The van der Waals surface area contributed by atoms with Crippen LogP contribution in [0.3, 0.4) is 0 Å². The summed E-state index contributed by atoms with van der Waals surface area (Å²) in [5.74, 6) is 0.360. The first-order valence-electron chi connectivity index (χ1n) is 6.28. The third-order valence-electron chi connectivity index (χ3n) is 3.25. The van der Waals surface area contributed by atoms with Gasteiger partial charge in [0.15, 0.2) is 0 Å². The molecule has 1 aliphatic rings. The first kappa shape index (κ1) is 13.9. The van der Waals surface area contributed by atoms with Crippen LogP contribution >= 0.6 is 0 Å². The SMILES string of the molecule is CC(C)(C)NC[C@H]1CN(C(C)(C)C)C[C@H]1O. The van der Waals surface area contributed by atoms with E-state index >= 15 is 0 Å². The van der Waals surface area contributed by atoms with Gasteiger partial charge in [0.05, 0.1) is 6.10 Å². The number of rotatable bonds is 2. The topological polar surface area (TPSA) is 35.5 Å². The molecule has 1 fully saturated rings. The zero-order valence-corrected chi connectivity index (χ0v) is 11.7. The molecule has 2 N–H and O–H groups in total. The zero-order valence-electron chi connectivity index (χ0n) is 11.7. The van der Waals surface area contributed by atoms with Gasteiger partial charge < -0.3 is 10.4 Å². The molecule has 3 nitrogen and oxygen atoms in total. The summed E-state index contributed by atoms with van der Waals surface area (Å²) in [5.41, 5.74) is 0.298. The molecule has 2 atom stereocenters. The Morgan fingerprint density at radius 1 is 1.12 bits per heavy atom. The minimum Gasteiger partial charge on any atom is -0.391 e. The number of hydrogen-bond acceptors (Lipinski definition) is 3. The second-order valence-electron chi connectivity index (χ2n) is 7.03. The molecule has 0 unspecified atom stereocenters. The molecule has 0 radical (unpaired) electrons. The molecule has 0 saturated carbocycles. The lowest BCUT2D eigenvalue weighted by Gasteiger charge is -2.31. The molecule has 0 aromatic carbocycles. The lowest BCUT2D eigenvalue weighted by Crippen LogP contribution is -2.42. The van der Waals surface area contributed by atoms with Crippen molar-refractivity contribution in [1.82, 2.24) is 10.2 Å². The Morgan fingerprint density at radius 2 is 1.69 bits per heavy atom. The van der Waals surface area contributed by atoms with Crippen molar-refractivity contribution in [3.63, 3.8) is 0 Å². The fraction of sp³-hybridized carbons (Fsp3) is 1.00. The Kier molecular flexibility index (Phi) is 4.04. The summed E-state index contributed by atoms with van der Waals surface area (Å²) < 4.78 is 0. The van der Waals surface area contributed by atoms with Gasteiger partial charge in [-0.25, -0.2) is 0 Å². The van der Waals surface area contributed by atoms with E-state index in [2.05, 4.69) is 51.8 Å². The Labute approximate surface area is 100 Å². The summed E-state index contributed by atoms with van der Waals surface area (Å²) in [7, 11) is 0. The van der Waals surface area contributed by atoms with Crippen LogP contribution in [0.2, 0.25) is 0 Å². The molecule has 0 aliphatic carbocycles. The van der Waals surface area contributed by atoms with Crippen LogP contribution in [0.1, 0.15) is 41.5 Å². The van der Waals surface area contributed by atoms with Gasteiger partial charge in [-0.2, -0.15) is 0 Å². The lowest BCUT2D eigenvalue weighted by atomic mass is 10.0. The quantitative estimate of drug-likeness (QED) is 0.751. The normalized spacial score (nSPS) is 28.7. The van der Waals surface area contributed by atoms with Gasteiger partial charge in [0.2, 0.25) is 0 Å². The predicted octanol–water partition coefficient (Wildman–Crippen LogP) is 1.47. The van der Waals surface area contributed by atoms with E-state index in [0.29, 0.717) is 5.92 Å². The molecule has 16 heavy (non-hydrogen) atoms. The van der Waals surface area contributed by atoms with Crippen molar-refractivity contribution in [2.75, 3.05) is 19.6 Å². The van der Waals surface area contributed by atoms with E-state index < -0.39 is 0 Å². The van der Waals surface area contributed by atoms with Crippen molar-refractivity contribution in [3.8, 4) is 0 Å². The average Bonchev–Trinajstić information content (AvgIpc) is 2.41. The van der Waals surface area contributed by atoms with Crippen molar-refractivity contribution < 1.29 is 5.11 Å². The van der Waals surface area contributed by atoms with Gasteiger partial charge in [0.1, 0.15) is 0 Å². The molecule has 1 heterocycles. The number of aliphatic hydroxyl groups excluding tert-OH is 1. The highest BCUT2D eigenvalue weighted by atomic mass is 16.3. The zero-order chi connectivity index (χ0) is 12.6. The number of hydrogen-bond donors (Lipinski definition) is 2. The third-order valence-corrected chi connectivity index (χ3v) is 3.25. The highest BCUT2D eigenvalue weighted by Gasteiger charge is 2.36. The molecule has 1 rings (SSSR count). The number of β-amino-alcohol motifs (C(OH)–C–C–N with tert-alkyl or cyclic N) is 1. The van der Waals surface area contributed by atoms with Gasteiger partial charge in [-0.05, 0) is 41.5 Å². The Hall–Kier alpha value is -0.120. The van der Waals surface area contributed by atoms with Crippen molar-refractivity contribution in [2.24, 2.45) is 5.92 Å². The maximum absolute atomic E-state index is 10.0. The van der Waals surface area contributed by atoms with Crippen LogP contribution in [-0.2, 0) is 0 Å². The molecule has 1 aliphatic heterocycles. The first-order valence-corrected chi connectivity index (χ1v) is 6.28. The summed E-state index contributed by atoms with van der Waals surface area (Å²) in [4.78, 5) is 2.37. The molecule has 0 spiro atoms. The highest BCUT2D eigenvalue weighted by molar-refractivity contribution is 4.91. The Morgan fingerprint density at radius 3 is 2.06 bits per heavy atom. The van der Waals surface area contributed by atoms with Gasteiger partial charge in [-0.3, -0.25) is 4.90 Å². The number of aliphatic hydroxyl groups is 1. The second-order valence-corrected chi connectivity index (χ2v) is 7.03. The van der Waals surface area contributed by atoms with E-state index in [4.69, 9.17) is 0 Å². The van der Waals surface area contributed by atoms with E-state index in [1.807, 2.05) is 0 Å². The molecule has 0 aromatic rings. The second kappa shape index (κ2) is 4.63. The monoisotopic (exact) mass is 228 g/mol. The third kappa shape index (κ3) is 4.04. The molecular weight excluding hydrogens is 200 g/mol. The van der Waals surface area contributed by atoms with Gasteiger partial charge in [-0.15, -0.1) is 0 Å². The maximum Gasteiger partial charge on any atom is 0.0719 e. The summed E-state index contributed by atoms with van der Waals surface area (Å²) >= 11 is 0. The highest BCUT2D eigenvalue weighted by Crippen LogP contribution is 2.24. The van der Waals surface area contributed by atoms with Gasteiger partial charge >= 0.3 is 0 Å². The molecule has 96 valence electrons. The minimum atomic E-state index is -0.186. The van der Waals surface area contributed by atoms with Gasteiger partial charge in [0, 0.05) is 36.6 Å². The number of nitrogens with zero attached hydrogens (tertiary/aromatic N) is 1. The van der Waals surface area contributed by atoms with Crippen LogP contribution in [0.15, 0.2) is 0 Å². The van der Waals surface area contributed by atoms with Gasteiger partial charge in [0.25, 0.3) is 0 Å². The van der Waals surface area contributed by atoms with E-state index in [1.54, 1.807) is 0 Å². The predicted molar refractivity (Wildman–Crippen MR) is 68.6 cm³/mol. The Bertz CT molecular complexity index is 227. The molecule has 0 amide bonds. The number of nitrogens with one attached hydrogen (secondary N) is 1. The first-order chi connectivity index (χ1) is 7.09. The summed E-state index contributed by atoms with van der Waals surface area (Å²) in [6.07, 6.45) is -0.186. The fourth-order valence-corrected chi connectivity index (χ4v) is 2.04. The van der Waals surface area contributed by atoms with E-state index in [-0.39, 0.29) is 17.2 Å². The average molecular weight is 228 g/mol. The summed E-state index contributed by atoms with van der Waals surface area (Å²) in [5, 5.41) is 13.5. The van der Waals surface area contributed by atoms with Crippen LogP contribution < -0.4 is 5.32 Å². The van der Waals surface area contributed by atoms with Crippen LogP contribution in [0.4, 0.5) is 0 Å². The van der Waals surface area contributed by atoms with Crippen molar-refractivity contribution in [2.45, 2.75) is 58.7 Å². The molecule has 1 saturated heterocycles. The summed E-state index contributed by atoms with van der Waals surface area (Å²) in [6.45, 7) is 15.8. The van der Waals surface area contributed by atoms with E-state index in [9.17, 15) is 5.11 Å². The van der Waals surface area contributed by atoms with Crippen LogP contribution in [0.25, 0.3) is 0 Å². The Balaban J connectivity index is 2.46. The van der Waals surface area contributed by atoms with Crippen molar-refractivity contribution >= 4 is 0 Å². The van der Waals surface area contributed by atoms with E-state index in [0.717, 1.165) is 19.6 Å². The van der Waals surface area contributed by atoms with Gasteiger partial charge in [-0.1, -0.05) is 0 Å². The van der Waals surface area contributed by atoms with Crippen molar-refractivity contribution in [1.29, 1.82) is 0 Å². The molecule has 0 aromatic heterocycles. The van der Waals surface area contributed by atoms with Crippen LogP contribution in [0, 0.1) is 5.92 Å². The smallest absolute Gasteiger partial charge is 0.0719 e. The van der Waals surface area contributed by atoms with Crippen molar-refractivity contribution in [3.05, 3.63) is 0 Å². The fourth-order valence-electron chi connectivity index (χ4n) is 2.04. The van der Waals surface area contributed by atoms with Crippen LogP contribution in [0.5, 0.6) is 0 Å². The standard InChI is InChI=1S/C13H28N2O/c1-12(2,3)14-7-10-8-15(9-11(10)16)13(4,5)6/h10-11,14,16H,7-9H2,1-6H3/t10-,11+/m0/s1. The van der Waals surface area contributed by atoms with E-state index in [1.165, 1.54) is 0 Å². The lowest BCUT2D eigenvalue weighted by molar-refractivity contribution is 0.120. The maximum atomic E-state index is 10.0. The molecular formula is C13H28N2O. The van der Waals surface area contributed by atoms with Crippen LogP contribution in [-0.4, -0.2) is 46.8 Å². The largest absolute Gasteiger partial charge is 0.391 e. The minimum absolute atomic E-state index is 0.134.